The molecule has 1 rings (SSSR count). The highest BCUT2D eigenvalue weighted by molar-refractivity contribution is 7.51. The van der Waals surface area contributed by atoms with Crippen LogP contribution in [-0.2, 0) is 13.6 Å². The lowest BCUT2D eigenvalue weighted by Crippen LogP contribution is -2.28. The summed E-state index contributed by atoms with van der Waals surface area (Å²) in [6.45, 7) is 0. The molecule has 0 saturated carbocycles. The van der Waals surface area contributed by atoms with E-state index in [1.807, 2.05) is 0 Å². The van der Waals surface area contributed by atoms with Crippen molar-refractivity contribution in [2.45, 2.75) is 12.1 Å². The Bertz CT molecular complexity index is 327. The van der Waals surface area contributed by atoms with Crippen LogP contribution >= 0.6 is 7.75 Å². The zero-order chi connectivity index (χ0) is 10.1. The van der Waals surface area contributed by atoms with Gasteiger partial charge in [-0.3, -0.25) is 9.05 Å². The minimum Gasteiger partial charge on any atom is -0.300 e. The first-order valence-corrected chi connectivity index (χ1v) is 5.08. The van der Waals surface area contributed by atoms with Crippen molar-refractivity contribution >= 4 is 7.75 Å². The monoisotopic (exact) mass is 199 g/mol. The summed E-state index contributed by atoms with van der Waals surface area (Å²) in [5.41, 5.74) is 0. The number of hydrogen-bond donors (Lipinski definition) is 0. The van der Waals surface area contributed by atoms with Gasteiger partial charge >= 0.3 is 7.75 Å². The highest BCUT2D eigenvalue weighted by Gasteiger charge is 2.47. The van der Waals surface area contributed by atoms with E-state index in [0.717, 1.165) is 0 Å². The van der Waals surface area contributed by atoms with Gasteiger partial charge in [0, 0.05) is 7.11 Å². The first-order valence-electron chi connectivity index (χ1n) is 3.59. The molecular weight excluding hydrogens is 189 g/mol. The van der Waals surface area contributed by atoms with Crippen LogP contribution in [-0.4, -0.2) is 31.0 Å². The van der Waals surface area contributed by atoms with Crippen LogP contribution in [0.4, 0.5) is 0 Å². The first kappa shape index (κ1) is 10.3. The van der Waals surface area contributed by atoms with Gasteiger partial charge in [0.15, 0.2) is 6.10 Å². The summed E-state index contributed by atoms with van der Waals surface area (Å²) < 4.78 is 22.9. The van der Waals surface area contributed by atoms with E-state index in [4.69, 9.17) is 21.9 Å². The van der Waals surface area contributed by atoms with Crippen molar-refractivity contribution in [2.75, 3.05) is 14.2 Å². The van der Waals surface area contributed by atoms with Crippen LogP contribution in [0, 0.1) is 24.7 Å². The van der Waals surface area contributed by atoms with Gasteiger partial charge in [-0.25, -0.2) is 4.57 Å². The molecule has 4 nitrogen and oxygen atoms in total. The number of rotatable bonds is 1. The smallest absolute Gasteiger partial charge is 0.300 e. The minimum atomic E-state index is -3.24. The Kier molecular flexibility index (Phi) is 2.81. The Morgan fingerprint density at radius 1 is 1.54 bits per heavy atom. The Hall–Kier alpha value is -0.770. The molecule has 0 amide bonds. The van der Waals surface area contributed by atoms with Crippen molar-refractivity contribution in [3.8, 4) is 24.7 Å². The van der Waals surface area contributed by atoms with Crippen LogP contribution < -0.4 is 0 Å². The Morgan fingerprint density at radius 2 is 2.15 bits per heavy atom. The molecule has 70 valence electrons. The van der Waals surface area contributed by atoms with E-state index in [1.165, 1.54) is 11.8 Å². The summed E-state index contributed by atoms with van der Waals surface area (Å²) in [5.74, 6) is 4.74. The maximum Gasteiger partial charge on any atom is 0.410 e. The van der Waals surface area contributed by atoms with Gasteiger partial charge in [0.1, 0.15) is 6.04 Å². The molecule has 0 aromatic heterocycles. The number of nitrogens with zero attached hydrogens (tertiary/aromatic N) is 1. The Labute approximate surface area is 77.8 Å². The van der Waals surface area contributed by atoms with Gasteiger partial charge in [0.05, 0.1) is 0 Å². The topological polar surface area (TPSA) is 38.8 Å². The van der Waals surface area contributed by atoms with Crippen LogP contribution in [0.5, 0.6) is 0 Å². The zero-order valence-corrected chi connectivity index (χ0v) is 8.32. The number of hydrogen-bond acceptors (Lipinski definition) is 3. The Morgan fingerprint density at radius 3 is 2.46 bits per heavy atom. The van der Waals surface area contributed by atoms with Crippen LogP contribution in [0.3, 0.4) is 0 Å². The van der Waals surface area contributed by atoms with E-state index < -0.39 is 19.9 Å². The van der Waals surface area contributed by atoms with Crippen molar-refractivity contribution in [1.29, 1.82) is 0 Å². The molecule has 1 saturated heterocycles. The molecule has 1 fully saturated rings. The zero-order valence-electron chi connectivity index (χ0n) is 7.43. The molecule has 1 heterocycles. The van der Waals surface area contributed by atoms with Crippen LogP contribution in [0.1, 0.15) is 0 Å². The van der Waals surface area contributed by atoms with E-state index >= 15 is 0 Å². The molecule has 0 bridgehead atoms. The fourth-order valence-electron chi connectivity index (χ4n) is 1.11. The van der Waals surface area contributed by atoms with E-state index in [2.05, 4.69) is 11.8 Å². The largest absolute Gasteiger partial charge is 0.410 e. The van der Waals surface area contributed by atoms with Crippen LogP contribution in [0.2, 0.25) is 0 Å². The standard InChI is InChI=1S/C8H10NO3P/c1-5-7-8(6-2)12-13(10,11-4)9(7)3/h1-2,7-8H,3-4H3. The van der Waals surface area contributed by atoms with Crippen molar-refractivity contribution in [3.63, 3.8) is 0 Å². The molecule has 0 spiro atoms. The summed E-state index contributed by atoms with van der Waals surface area (Å²) in [6, 6.07) is -0.490. The average molecular weight is 199 g/mol. The second-order valence-corrected chi connectivity index (χ2v) is 4.67. The molecule has 5 heteroatoms. The minimum absolute atomic E-state index is 0.490. The molecule has 0 radical (unpaired) electrons. The van der Waals surface area contributed by atoms with Crippen LogP contribution in [0.25, 0.3) is 0 Å². The van der Waals surface area contributed by atoms with E-state index in [1.54, 1.807) is 7.05 Å². The normalized spacial score (nSPS) is 39.7. The fourth-order valence-corrected chi connectivity index (χ4v) is 2.56. The van der Waals surface area contributed by atoms with Gasteiger partial charge in [-0.2, -0.15) is 4.67 Å². The highest BCUT2D eigenvalue weighted by Crippen LogP contribution is 2.57. The van der Waals surface area contributed by atoms with Crippen LogP contribution in [0.15, 0.2) is 0 Å². The molecule has 1 aliphatic rings. The summed E-state index contributed by atoms with van der Waals surface area (Å²) in [7, 11) is -0.382. The summed E-state index contributed by atoms with van der Waals surface area (Å²) in [4.78, 5) is 0. The summed E-state index contributed by atoms with van der Waals surface area (Å²) in [5, 5.41) is 0. The first-order chi connectivity index (χ1) is 6.09. The maximum absolute atomic E-state index is 11.7. The van der Waals surface area contributed by atoms with Gasteiger partial charge in [-0.1, -0.05) is 11.8 Å². The van der Waals surface area contributed by atoms with Gasteiger partial charge < -0.3 is 0 Å². The summed E-state index contributed by atoms with van der Waals surface area (Å²) >= 11 is 0. The van der Waals surface area contributed by atoms with Gasteiger partial charge in [-0.05, 0) is 7.05 Å². The predicted molar refractivity (Wildman–Crippen MR) is 48.7 cm³/mol. The van der Waals surface area contributed by atoms with E-state index in [9.17, 15) is 4.57 Å². The number of likely N-dealkylation sites (N-methyl/N-ethyl adjacent to an activating group) is 1. The third-order valence-electron chi connectivity index (χ3n) is 1.89. The van der Waals surface area contributed by atoms with E-state index in [0.29, 0.717) is 0 Å². The fraction of sp³-hybridized carbons (Fsp3) is 0.500. The van der Waals surface area contributed by atoms with Gasteiger partial charge in [0.25, 0.3) is 0 Å². The molecule has 13 heavy (non-hydrogen) atoms. The van der Waals surface area contributed by atoms with Crippen molar-refractivity contribution in [2.24, 2.45) is 0 Å². The molecule has 3 unspecified atom stereocenters. The molecule has 0 aliphatic carbocycles. The van der Waals surface area contributed by atoms with Crippen molar-refractivity contribution in [1.82, 2.24) is 4.67 Å². The number of terminal acetylenes is 2. The maximum atomic E-state index is 11.7. The Balaban J connectivity index is 3.00. The third-order valence-corrected chi connectivity index (χ3v) is 3.86. The quantitative estimate of drug-likeness (QED) is 0.460. The lowest BCUT2D eigenvalue weighted by atomic mass is 10.2. The molecule has 0 aromatic rings. The second kappa shape index (κ2) is 3.54. The lowest BCUT2D eigenvalue weighted by molar-refractivity contribution is 0.228. The molecular formula is C8H10NO3P. The predicted octanol–water partition coefficient (Wildman–Crippen LogP) is 0.707. The molecule has 1 aliphatic heterocycles. The van der Waals surface area contributed by atoms with Crippen molar-refractivity contribution < 1.29 is 13.6 Å². The second-order valence-electron chi connectivity index (χ2n) is 2.53. The molecule has 3 atom stereocenters. The van der Waals surface area contributed by atoms with Gasteiger partial charge in [-0.15, -0.1) is 12.8 Å². The lowest BCUT2D eigenvalue weighted by Gasteiger charge is -2.16. The average Bonchev–Trinajstić information content (AvgIpc) is 2.40. The van der Waals surface area contributed by atoms with E-state index in [-0.39, 0.29) is 0 Å². The highest BCUT2D eigenvalue weighted by atomic mass is 31.2. The SMILES string of the molecule is C#CC1OP(=O)(OC)N(C)C1C#C. The molecule has 0 aromatic carbocycles. The summed E-state index contributed by atoms with van der Waals surface area (Å²) in [6.07, 6.45) is 9.72. The van der Waals surface area contributed by atoms with Gasteiger partial charge in [0.2, 0.25) is 0 Å². The van der Waals surface area contributed by atoms with Crippen molar-refractivity contribution in [3.05, 3.63) is 0 Å². The molecule has 0 N–H and O–H groups in total. The third kappa shape index (κ3) is 1.50.